The molecule has 0 bridgehead atoms. The highest BCUT2D eigenvalue weighted by Gasteiger charge is 2.29. The Kier molecular flexibility index (Phi) is 8.01. The maximum Gasteiger partial charge on any atom is 0.251 e. The molecule has 1 atom stereocenters. The summed E-state index contributed by atoms with van der Waals surface area (Å²) in [5.41, 5.74) is 5.84. The van der Waals surface area contributed by atoms with Gasteiger partial charge in [-0.05, 0) is 31.2 Å². The number of amides is 2. The minimum atomic E-state index is -3.64. The molecule has 1 heterocycles. The lowest BCUT2D eigenvalue weighted by atomic mass is 10.2. The highest BCUT2D eigenvalue weighted by atomic mass is 35.5. The molecular formula is C16H25ClN4O4S. The standard InChI is InChI=1S/C16H24N4O4S.ClH/c1-12(11-17)18-16(22)14-3-5-15(6-4-14)25(23,24)20-9-7-19(8-10-20)13(2)21;/h3-6,12H,7-11,17H2,1-2H3,(H,18,22);1H/t12-;/m0./s1. The van der Waals surface area contributed by atoms with Crippen LogP contribution in [0.25, 0.3) is 0 Å². The SMILES string of the molecule is CC(=O)N1CCN(S(=O)(=O)c2ccc(C(=O)N[C@@H](C)CN)cc2)CC1.Cl. The molecule has 8 nitrogen and oxygen atoms in total. The van der Waals surface area contributed by atoms with Crippen LogP contribution in [0.4, 0.5) is 0 Å². The second-order valence-corrected chi connectivity index (χ2v) is 7.98. The third kappa shape index (κ3) is 5.16. The number of rotatable bonds is 5. The van der Waals surface area contributed by atoms with Crippen molar-refractivity contribution in [1.29, 1.82) is 0 Å². The van der Waals surface area contributed by atoms with E-state index in [1.807, 2.05) is 0 Å². The summed E-state index contributed by atoms with van der Waals surface area (Å²) in [7, 11) is -3.64. The molecule has 0 aromatic heterocycles. The zero-order chi connectivity index (χ0) is 18.6. The number of hydrogen-bond acceptors (Lipinski definition) is 5. The van der Waals surface area contributed by atoms with Gasteiger partial charge in [0.05, 0.1) is 4.90 Å². The van der Waals surface area contributed by atoms with Crippen molar-refractivity contribution in [3.05, 3.63) is 29.8 Å². The first kappa shape index (κ1) is 22.4. The molecule has 1 fully saturated rings. The maximum atomic E-state index is 12.7. The number of nitrogens with one attached hydrogen (secondary N) is 1. The van der Waals surface area contributed by atoms with Crippen LogP contribution in [-0.4, -0.2) is 68.2 Å². The van der Waals surface area contributed by atoms with E-state index in [0.29, 0.717) is 25.2 Å². The predicted octanol–water partition coefficient (Wildman–Crippen LogP) is 0.0382. The molecule has 146 valence electrons. The quantitative estimate of drug-likeness (QED) is 0.719. The van der Waals surface area contributed by atoms with E-state index in [0.717, 1.165) is 0 Å². The van der Waals surface area contributed by atoms with Crippen molar-refractivity contribution in [3.8, 4) is 0 Å². The zero-order valence-corrected chi connectivity index (χ0v) is 16.5. The van der Waals surface area contributed by atoms with E-state index in [1.165, 1.54) is 35.5 Å². The number of hydrogen-bond donors (Lipinski definition) is 2. The molecule has 26 heavy (non-hydrogen) atoms. The highest BCUT2D eigenvalue weighted by Crippen LogP contribution is 2.18. The largest absolute Gasteiger partial charge is 0.348 e. The molecule has 1 aromatic rings. The Balaban J connectivity index is 0.00000338. The summed E-state index contributed by atoms with van der Waals surface area (Å²) in [6.07, 6.45) is 0. The summed E-state index contributed by atoms with van der Waals surface area (Å²) in [4.78, 5) is 25.1. The van der Waals surface area contributed by atoms with E-state index in [2.05, 4.69) is 5.32 Å². The van der Waals surface area contributed by atoms with Crippen molar-refractivity contribution in [3.63, 3.8) is 0 Å². The zero-order valence-electron chi connectivity index (χ0n) is 14.8. The van der Waals surface area contributed by atoms with Crippen LogP contribution in [0.3, 0.4) is 0 Å². The number of carbonyl (C=O) groups excluding carboxylic acids is 2. The molecule has 2 rings (SSSR count). The third-order valence-corrected chi connectivity index (χ3v) is 6.08. The van der Waals surface area contributed by atoms with Crippen molar-refractivity contribution >= 4 is 34.2 Å². The summed E-state index contributed by atoms with van der Waals surface area (Å²) in [5, 5.41) is 2.72. The van der Waals surface area contributed by atoms with E-state index >= 15 is 0 Å². The average molecular weight is 405 g/mol. The van der Waals surface area contributed by atoms with Crippen LogP contribution in [-0.2, 0) is 14.8 Å². The molecule has 1 saturated heterocycles. The van der Waals surface area contributed by atoms with Gasteiger partial charge in [0, 0.05) is 51.3 Å². The Morgan fingerprint density at radius 3 is 2.15 bits per heavy atom. The Morgan fingerprint density at radius 2 is 1.69 bits per heavy atom. The molecule has 0 unspecified atom stereocenters. The molecule has 0 aliphatic carbocycles. The second-order valence-electron chi connectivity index (χ2n) is 6.04. The third-order valence-electron chi connectivity index (χ3n) is 4.17. The van der Waals surface area contributed by atoms with Gasteiger partial charge < -0.3 is 16.0 Å². The summed E-state index contributed by atoms with van der Waals surface area (Å²) in [6, 6.07) is 5.66. The normalized spacial score (nSPS) is 16.5. The lowest BCUT2D eigenvalue weighted by Crippen LogP contribution is -2.49. The lowest BCUT2D eigenvalue weighted by Gasteiger charge is -2.33. The Bertz CT molecular complexity index is 731. The molecule has 0 spiro atoms. The van der Waals surface area contributed by atoms with Gasteiger partial charge in [-0.25, -0.2) is 8.42 Å². The van der Waals surface area contributed by atoms with Crippen molar-refractivity contribution in [2.75, 3.05) is 32.7 Å². The van der Waals surface area contributed by atoms with Gasteiger partial charge in [0.25, 0.3) is 5.91 Å². The van der Waals surface area contributed by atoms with E-state index in [-0.39, 0.29) is 48.2 Å². The fourth-order valence-corrected chi connectivity index (χ4v) is 3.96. The van der Waals surface area contributed by atoms with E-state index < -0.39 is 10.0 Å². The molecule has 0 radical (unpaired) electrons. The molecule has 1 aliphatic heterocycles. The van der Waals surface area contributed by atoms with Crippen LogP contribution < -0.4 is 11.1 Å². The monoisotopic (exact) mass is 404 g/mol. The minimum absolute atomic E-state index is 0. The van der Waals surface area contributed by atoms with Crippen molar-refractivity contribution < 1.29 is 18.0 Å². The first-order chi connectivity index (χ1) is 11.8. The van der Waals surface area contributed by atoms with Crippen molar-refractivity contribution in [1.82, 2.24) is 14.5 Å². The number of benzene rings is 1. The summed E-state index contributed by atoms with van der Waals surface area (Å²) < 4.78 is 26.7. The van der Waals surface area contributed by atoms with Crippen LogP contribution in [0.1, 0.15) is 24.2 Å². The first-order valence-corrected chi connectivity index (χ1v) is 9.56. The van der Waals surface area contributed by atoms with Gasteiger partial charge in [-0.15, -0.1) is 12.4 Å². The molecule has 3 N–H and O–H groups in total. The first-order valence-electron chi connectivity index (χ1n) is 8.12. The molecule has 1 aromatic carbocycles. The summed E-state index contributed by atoms with van der Waals surface area (Å²) >= 11 is 0. The Hall–Kier alpha value is -1.68. The molecule has 1 aliphatic rings. The minimum Gasteiger partial charge on any atom is -0.348 e. The lowest BCUT2D eigenvalue weighted by molar-refractivity contribution is -0.129. The van der Waals surface area contributed by atoms with Gasteiger partial charge in [0.1, 0.15) is 0 Å². The Labute approximate surface area is 160 Å². The molecule has 0 saturated carbocycles. The fraction of sp³-hybridized carbons (Fsp3) is 0.500. The predicted molar refractivity (Wildman–Crippen MR) is 101 cm³/mol. The van der Waals surface area contributed by atoms with Gasteiger partial charge in [-0.2, -0.15) is 4.31 Å². The summed E-state index contributed by atoms with van der Waals surface area (Å²) in [5.74, 6) is -0.351. The van der Waals surface area contributed by atoms with E-state index in [4.69, 9.17) is 5.73 Å². The van der Waals surface area contributed by atoms with Crippen LogP contribution in [0, 0.1) is 0 Å². The van der Waals surface area contributed by atoms with E-state index in [1.54, 1.807) is 11.8 Å². The topological polar surface area (TPSA) is 113 Å². The van der Waals surface area contributed by atoms with Gasteiger partial charge >= 0.3 is 0 Å². The van der Waals surface area contributed by atoms with Gasteiger partial charge in [-0.3, -0.25) is 9.59 Å². The van der Waals surface area contributed by atoms with Gasteiger partial charge in [-0.1, -0.05) is 0 Å². The average Bonchev–Trinajstić information content (AvgIpc) is 2.61. The molecule has 2 amide bonds. The maximum absolute atomic E-state index is 12.7. The second kappa shape index (κ2) is 9.31. The number of carbonyl (C=O) groups is 2. The highest BCUT2D eigenvalue weighted by molar-refractivity contribution is 7.89. The van der Waals surface area contributed by atoms with Crippen LogP contribution in [0.5, 0.6) is 0 Å². The van der Waals surface area contributed by atoms with E-state index in [9.17, 15) is 18.0 Å². The summed E-state index contributed by atoms with van der Waals surface area (Å²) in [6.45, 7) is 4.87. The van der Waals surface area contributed by atoms with Crippen molar-refractivity contribution in [2.45, 2.75) is 24.8 Å². The molecule has 10 heteroatoms. The smallest absolute Gasteiger partial charge is 0.251 e. The van der Waals surface area contributed by atoms with Gasteiger partial charge in [0.15, 0.2) is 0 Å². The van der Waals surface area contributed by atoms with Crippen molar-refractivity contribution in [2.24, 2.45) is 5.73 Å². The van der Waals surface area contributed by atoms with Gasteiger partial charge in [0.2, 0.25) is 15.9 Å². The number of nitrogens with zero attached hydrogens (tertiary/aromatic N) is 2. The number of sulfonamides is 1. The Morgan fingerprint density at radius 1 is 1.15 bits per heavy atom. The fourth-order valence-electron chi connectivity index (χ4n) is 2.54. The molecular weight excluding hydrogens is 380 g/mol. The van der Waals surface area contributed by atoms with Crippen LogP contribution in [0.15, 0.2) is 29.2 Å². The van der Waals surface area contributed by atoms with Crippen LogP contribution >= 0.6 is 12.4 Å². The number of nitrogens with two attached hydrogens (primary N) is 1. The van der Waals surface area contributed by atoms with Crippen LogP contribution in [0.2, 0.25) is 0 Å². The number of halogens is 1. The number of piperazine rings is 1.